The van der Waals surface area contributed by atoms with Gasteiger partial charge in [-0.15, -0.1) is 0 Å². The van der Waals surface area contributed by atoms with Crippen LogP contribution in [0.25, 0.3) is 0 Å². The summed E-state index contributed by atoms with van der Waals surface area (Å²) >= 11 is 0. The van der Waals surface area contributed by atoms with E-state index >= 15 is 0 Å². The molecule has 0 saturated heterocycles. The minimum Gasteiger partial charge on any atom is -0.468 e. The van der Waals surface area contributed by atoms with Crippen molar-refractivity contribution in [2.45, 2.75) is 17.7 Å². The number of esters is 1. The van der Waals surface area contributed by atoms with Crippen LogP contribution in [-0.4, -0.2) is 27.2 Å². The molecule has 0 aliphatic rings. The summed E-state index contributed by atoms with van der Waals surface area (Å²) in [5.41, 5.74) is 2.42. The van der Waals surface area contributed by atoms with Crippen molar-refractivity contribution in [1.29, 1.82) is 0 Å². The molecule has 0 bridgehead atoms. The fourth-order valence-corrected chi connectivity index (χ4v) is 3.77. The summed E-state index contributed by atoms with van der Waals surface area (Å²) < 4.78 is 30.5. The molecule has 1 atom stereocenters. The predicted molar refractivity (Wildman–Crippen MR) is 116 cm³/mol. The van der Waals surface area contributed by atoms with Gasteiger partial charge in [0, 0.05) is 0 Å². The molecule has 0 aliphatic heterocycles. The largest absolute Gasteiger partial charge is 0.468 e. The fraction of sp³-hybridized carbons (Fsp3) is 0.130. The van der Waals surface area contributed by atoms with Crippen LogP contribution in [0.3, 0.4) is 0 Å². The Hall–Kier alpha value is -3.45. The van der Waals surface area contributed by atoms with E-state index in [1.807, 2.05) is 19.1 Å². The summed E-state index contributed by atoms with van der Waals surface area (Å²) in [5.74, 6) is -1.45. The molecule has 0 amide bonds. The maximum Gasteiger partial charge on any atom is 0.319 e. The van der Waals surface area contributed by atoms with E-state index < -0.39 is 21.9 Å². The standard InChI is InChI=1S/C23H22N2O4S/c1-17-13-15-20(16-14-17)30(27,28)25-24-22(19-11-7-4-8-12-19)21(23(26)29-2)18-9-5-3-6-10-18/h3-16,21,25H,1-2H3/b24-22+. The van der Waals surface area contributed by atoms with Crippen molar-refractivity contribution in [2.75, 3.05) is 7.11 Å². The first-order valence-electron chi connectivity index (χ1n) is 9.26. The molecule has 0 aliphatic carbocycles. The predicted octanol–water partition coefficient (Wildman–Crippen LogP) is 3.63. The molecule has 0 heterocycles. The van der Waals surface area contributed by atoms with E-state index in [-0.39, 0.29) is 10.6 Å². The Bertz CT molecular complexity index is 1130. The summed E-state index contributed by atoms with van der Waals surface area (Å²) in [4.78, 5) is 15.0. The van der Waals surface area contributed by atoms with Gasteiger partial charge in [0.25, 0.3) is 10.0 Å². The molecule has 7 heteroatoms. The van der Waals surface area contributed by atoms with Crippen LogP contribution < -0.4 is 4.83 Å². The van der Waals surface area contributed by atoms with E-state index in [0.29, 0.717) is 11.1 Å². The van der Waals surface area contributed by atoms with Crippen molar-refractivity contribution in [3.8, 4) is 0 Å². The maximum atomic E-state index is 12.7. The number of carbonyl (C=O) groups is 1. The number of sulfonamides is 1. The first-order valence-corrected chi connectivity index (χ1v) is 10.7. The number of benzene rings is 3. The molecule has 3 rings (SSSR count). The first-order chi connectivity index (χ1) is 14.4. The summed E-state index contributed by atoms with van der Waals surface area (Å²) in [6, 6.07) is 24.3. The molecule has 154 valence electrons. The maximum absolute atomic E-state index is 12.7. The van der Waals surface area contributed by atoms with Crippen molar-refractivity contribution in [2.24, 2.45) is 5.10 Å². The Balaban J connectivity index is 2.08. The average molecular weight is 423 g/mol. The van der Waals surface area contributed by atoms with Crippen LogP contribution in [0.15, 0.2) is 94.9 Å². The first kappa shape index (κ1) is 21.3. The number of hydrogen-bond donors (Lipinski definition) is 1. The second-order valence-electron chi connectivity index (χ2n) is 6.64. The van der Waals surface area contributed by atoms with Gasteiger partial charge in [-0.1, -0.05) is 78.4 Å². The van der Waals surface area contributed by atoms with Crippen molar-refractivity contribution >= 4 is 21.7 Å². The number of nitrogens with zero attached hydrogens (tertiary/aromatic N) is 1. The lowest BCUT2D eigenvalue weighted by Gasteiger charge is -2.18. The molecule has 0 fully saturated rings. The van der Waals surface area contributed by atoms with Crippen LogP contribution in [0.1, 0.15) is 22.6 Å². The molecule has 0 spiro atoms. The monoisotopic (exact) mass is 422 g/mol. The molecule has 0 aromatic heterocycles. The zero-order valence-corrected chi connectivity index (χ0v) is 17.5. The van der Waals surface area contributed by atoms with Crippen molar-refractivity contribution in [1.82, 2.24) is 4.83 Å². The molecule has 3 aromatic rings. The minimum absolute atomic E-state index is 0.0820. The van der Waals surface area contributed by atoms with Crippen LogP contribution in [0.5, 0.6) is 0 Å². The summed E-state index contributed by atoms with van der Waals surface area (Å²) in [6.45, 7) is 1.87. The Morgan fingerprint density at radius 1 is 0.900 bits per heavy atom. The number of rotatable bonds is 7. The third-order valence-corrected chi connectivity index (χ3v) is 5.75. The van der Waals surface area contributed by atoms with Gasteiger partial charge in [-0.25, -0.2) is 0 Å². The number of ether oxygens (including phenoxy) is 1. The van der Waals surface area contributed by atoms with Gasteiger partial charge < -0.3 is 4.74 Å². The van der Waals surface area contributed by atoms with E-state index in [1.54, 1.807) is 60.7 Å². The van der Waals surface area contributed by atoms with Gasteiger partial charge in [-0.2, -0.15) is 18.4 Å². The number of hydrogen-bond acceptors (Lipinski definition) is 5. The number of nitrogens with one attached hydrogen (secondary N) is 1. The highest BCUT2D eigenvalue weighted by Crippen LogP contribution is 2.24. The lowest BCUT2D eigenvalue weighted by molar-refractivity contribution is -0.140. The molecule has 1 unspecified atom stereocenters. The second kappa shape index (κ2) is 9.37. The Morgan fingerprint density at radius 2 is 1.47 bits per heavy atom. The molecule has 0 radical (unpaired) electrons. The highest BCUT2D eigenvalue weighted by atomic mass is 32.2. The quantitative estimate of drug-likeness (QED) is 0.358. The van der Waals surface area contributed by atoms with Crippen LogP contribution in [0.2, 0.25) is 0 Å². The molecule has 30 heavy (non-hydrogen) atoms. The van der Waals surface area contributed by atoms with Gasteiger partial charge in [0.05, 0.1) is 17.7 Å². The lowest BCUT2D eigenvalue weighted by atomic mass is 9.90. The zero-order chi connectivity index (χ0) is 21.6. The second-order valence-corrected chi connectivity index (χ2v) is 8.30. The third-order valence-electron chi connectivity index (χ3n) is 4.53. The molecular formula is C23H22N2O4S. The highest BCUT2D eigenvalue weighted by Gasteiger charge is 2.29. The number of methoxy groups -OCH3 is 1. The molecule has 0 saturated carbocycles. The Morgan fingerprint density at radius 3 is 2.03 bits per heavy atom. The Labute approximate surface area is 176 Å². The van der Waals surface area contributed by atoms with Gasteiger partial charge in [0.15, 0.2) is 0 Å². The van der Waals surface area contributed by atoms with Gasteiger partial charge >= 0.3 is 5.97 Å². The van der Waals surface area contributed by atoms with Gasteiger partial charge in [-0.05, 0) is 30.2 Å². The van der Waals surface area contributed by atoms with Crippen LogP contribution >= 0.6 is 0 Å². The third kappa shape index (κ3) is 4.93. The number of carbonyl (C=O) groups excluding carboxylic acids is 1. The number of hydrazone groups is 1. The molecule has 3 aromatic carbocycles. The van der Waals surface area contributed by atoms with E-state index in [1.165, 1.54) is 19.2 Å². The van der Waals surface area contributed by atoms with Gasteiger partial charge in [-0.3, -0.25) is 4.79 Å². The molecule has 1 N–H and O–H groups in total. The summed E-state index contributed by atoms with van der Waals surface area (Å²) in [7, 11) is -2.63. The fourth-order valence-electron chi connectivity index (χ4n) is 2.95. The summed E-state index contributed by atoms with van der Waals surface area (Å²) in [6.07, 6.45) is 0. The van der Waals surface area contributed by atoms with Crippen molar-refractivity contribution in [3.63, 3.8) is 0 Å². The van der Waals surface area contributed by atoms with Crippen molar-refractivity contribution in [3.05, 3.63) is 102 Å². The van der Waals surface area contributed by atoms with Gasteiger partial charge in [0.2, 0.25) is 0 Å². The van der Waals surface area contributed by atoms with Crippen molar-refractivity contribution < 1.29 is 17.9 Å². The van der Waals surface area contributed by atoms with Gasteiger partial charge in [0.1, 0.15) is 5.92 Å². The smallest absolute Gasteiger partial charge is 0.319 e. The Kier molecular flexibility index (Phi) is 6.64. The average Bonchev–Trinajstić information content (AvgIpc) is 2.77. The van der Waals surface area contributed by atoms with E-state index in [9.17, 15) is 13.2 Å². The molecular weight excluding hydrogens is 400 g/mol. The van der Waals surface area contributed by atoms with Crippen LogP contribution in [-0.2, 0) is 19.6 Å². The van der Waals surface area contributed by atoms with E-state index in [4.69, 9.17) is 4.74 Å². The minimum atomic E-state index is -3.92. The van der Waals surface area contributed by atoms with E-state index in [2.05, 4.69) is 9.93 Å². The number of aryl methyl sites for hydroxylation is 1. The SMILES string of the molecule is COC(=O)C(/C(=N/NS(=O)(=O)c1ccc(C)cc1)c1ccccc1)c1ccccc1. The topological polar surface area (TPSA) is 84.8 Å². The van der Waals surface area contributed by atoms with Crippen LogP contribution in [0.4, 0.5) is 0 Å². The molecule has 6 nitrogen and oxygen atoms in total. The normalized spacial score (nSPS) is 12.8. The zero-order valence-electron chi connectivity index (χ0n) is 16.6. The van der Waals surface area contributed by atoms with Crippen LogP contribution in [0, 0.1) is 6.92 Å². The highest BCUT2D eigenvalue weighted by molar-refractivity contribution is 7.89. The summed E-state index contributed by atoms with van der Waals surface area (Å²) in [5, 5.41) is 4.19. The lowest BCUT2D eigenvalue weighted by Crippen LogP contribution is -2.28. The van der Waals surface area contributed by atoms with E-state index in [0.717, 1.165) is 5.56 Å².